The lowest BCUT2D eigenvalue weighted by atomic mass is 10.1. The molecule has 1 N–H and O–H groups in total. The third kappa shape index (κ3) is 5.49. The van der Waals surface area contributed by atoms with Crippen LogP contribution in [0.3, 0.4) is 0 Å². The first kappa shape index (κ1) is 19.3. The van der Waals surface area contributed by atoms with E-state index < -0.39 is 0 Å². The van der Waals surface area contributed by atoms with Gasteiger partial charge in [-0.25, -0.2) is 0 Å². The van der Waals surface area contributed by atoms with E-state index in [1.165, 1.54) is 5.56 Å². The zero-order chi connectivity index (χ0) is 19.1. The number of ether oxygens (including phenoxy) is 2. The Labute approximate surface area is 165 Å². The third-order valence-corrected chi connectivity index (χ3v) is 4.70. The van der Waals surface area contributed by atoms with Crippen molar-refractivity contribution in [2.75, 3.05) is 7.11 Å². The molecule has 0 fully saturated rings. The molecule has 1 atom stereocenters. The topological polar surface area (TPSA) is 30.5 Å². The Bertz CT molecular complexity index is 850. The first-order chi connectivity index (χ1) is 13.2. The molecule has 0 aliphatic rings. The average molecular weight is 382 g/mol. The number of nitrogens with one attached hydrogen (secondary N) is 1. The first-order valence-electron chi connectivity index (χ1n) is 8.98. The second-order valence-corrected chi connectivity index (χ2v) is 6.85. The summed E-state index contributed by atoms with van der Waals surface area (Å²) in [4.78, 5) is 0. The van der Waals surface area contributed by atoms with Crippen molar-refractivity contribution in [2.45, 2.75) is 26.1 Å². The van der Waals surface area contributed by atoms with Crippen molar-refractivity contribution < 1.29 is 9.47 Å². The molecule has 0 aliphatic heterocycles. The number of hydrogen-bond acceptors (Lipinski definition) is 3. The largest absolute Gasteiger partial charge is 0.493 e. The highest BCUT2D eigenvalue weighted by Crippen LogP contribution is 2.29. The number of rotatable bonds is 8. The van der Waals surface area contributed by atoms with Crippen LogP contribution in [-0.2, 0) is 13.2 Å². The lowest BCUT2D eigenvalue weighted by Crippen LogP contribution is -2.18. The second kappa shape index (κ2) is 9.45. The van der Waals surface area contributed by atoms with E-state index in [2.05, 4.69) is 42.6 Å². The van der Waals surface area contributed by atoms with Crippen LogP contribution in [0.2, 0.25) is 5.02 Å². The van der Waals surface area contributed by atoms with E-state index in [0.717, 1.165) is 34.2 Å². The van der Waals surface area contributed by atoms with Crippen molar-refractivity contribution >= 4 is 11.6 Å². The Hall–Kier alpha value is -2.49. The summed E-state index contributed by atoms with van der Waals surface area (Å²) in [6.07, 6.45) is 0. The van der Waals surface area contributed by atoms with Crippen LogP contribution in [0.15, 0.2) is 72.8 Å². The fourth-order valence-corrected chi connectivity index (χ4v) is 2.94. The lowest BCUT2D eigenvalue weighted by Gasteiger charge is -2.16. The van der Waals surface area contributed by atoms with Gasteiger partial charge in [0.15, 0.2) is 11.5 Å². The van der Waals surface area contributed by atoms with Crippen molar-refractivity contribution in [1.29, 1.82) is 0 Å². The normalized spacial score (nSPS) is 11.8. The minimum Gasteiger partial charge on any atom is -0.493 e. The van der Waals surface area contributed by atoms with E-state index in [1.54, 1.807) is 7.11 Å². The molecule has 0 saturated carbocycles. The molecule has 140 valence electrons. The summed E-state index contributed by atoms with van der Waals surface area (Å²) in [6.45, 7) is 3.39. The van der Waals surface area contributed by atoms with Gasteiger partial charge in [0.2, 0.25) is 0 Å². The van der Waals surface area contributed by atoms with Crippen molar-refractivity contribution in [3.8, 4) is 11.5 Å². The van der Waals surface area contributed by atoms with E-state index in [9.17, 15) is 0 Å². The van der Waals surface area contributed by atoms with Gasteiger partial charge in [-0.15, -0.1) is 0 Å². The third-order valence-electron chi connectivity index (χ3n) is 4.45. The van der Waals surface area contributed by atoms with E-state index in [1.807, 2.05) is 42.5 Å². The molecule has 0 spiro atoms. The Morgan fingerprint density at radius 3 is 2.30 bits per heavy atom. The van der Waals surface area contributed by atoms with Crippen LogP contribution in [0, 0.1) is 0 Å². The Morgan fingerprint density at radius 2 is 1.59 bits per heavy atom. The Kier molecular flexibility index (Phi) is 6.74. The molecule has 0 aliphatic carbocycles. The molecule has 3 aromatic rings. The molecule has 0 heterocycles. The average Bonchev–Trinajstić information content (AvgIpc) is 2.72. The molecule has 3 nitrogen and oxygen atoms in total. The summed E-state index contributed by atoms with van der Waals surface area (Å²) >= 11 is 5.92. The predicted molar refractivity (Wildman–Crippen MR) is 110 cm³/mol. The maximum Gasteiger partial charge on any atom is 0.161 e. The monoisotopic (exact) mass is 381 g/mol. The van der Waals surface area contributed by atoms with E-state index in [4.69, 9.17) is 21.1 Å². The van der Waals surface area contributed by atoms with Crippen molar-refractivity contribution in [3.05, 3.63) is 94.5 Å². The highest BCUT2D eigenvalue weighted by molar-refractivity contribution is 6.30. The van der Waals surface area contributed by atoms with Gasteiger partial charge in [-0.2, -0.15) is 0 Å². The minimum atomic E-state index is 0.276. The molecule has 0 bridgehead atoms. The van der Waals surface area contributed by atoms with Gasteiger partial charge in [0.1, 0.15) is 6.61 Å². The van der Waals surface area contributed by atoms with Gasteiger partial charge < -0.3 is 14.8 Å². The van der Waals surface area contributed by atoms with Gasteiger partial charge in [0.25, 0.3) is 0 Å². The van der Waals surface area contributed by atoms with Gasteiger partial charge in [-0.05, 0) is 47.9 Å². The van der Waals surface area contributed by atoms with Gasteiger partial charge in [-0.3, -0.25) is 0 Å². The molecule has 0 aromatic heterocycles. The van der Waals surface area contributed by atoms with Gasteiger partial charge >= 0.3 is 0 Å². The molecule has 0 amide bonds. The summed E-state index contributed by atoms with van der Waals surface area (Å²) < 4.78 is 11.4. The zero-order valence-electron chi connectivity index (χ0n) is 15.6. The fraction of sp³-hybridized carbons (Fsp3) is 0.217. The van der Waals surface area contributed by atoms with Crippen LogP contribution in [0.25, 0.3) is 0 Å². The minimum absolute atomic E-state index is 0.276. The molecular weight excluding hydrogens is 358 g/mol. The number of halogens is 1. The summed E-state index contributed by atoms with van der Waals surface area (Å²) in [5.41, 5.74) is 3.48. The summed E-state index contributed by atoms with van der Waals surface area (Å²) in [5, 5.41) is 4.26. The molecule has 0 unspecified atom stereocenters. The Morgan fingerprint density at radius 1 is 0.889 bits per heavy atom. The van der Waals surface area contributed by atoms with Crippen LogP contribution in [-0.4, -0.2) is 7.11 Å². The molecule has 0 saturated heterocycles. The maximum atomic E-state index is 5.92. The predicted octanol–water partition coefficient (Wildman–Crippen LogP) is 5.78. The maximum absolute atomic E-state index is 5.92. The van der Waals surface area contributed by atoms with Gasteiger partial charge in [0, 0.05) is 17.6 Å². The van der Waals surface area contributed by atoms with E-state index >= 15 is 0 Å². The fourth-order valence-electron chi connectivity index (χ4n) is 2.81. The summed E-state index contributed by atoms with van der Waals surface area (Å²) in [5.74, 6) is 1.46. The highest BCUT2D eigenvalue weighted by atomic mass is 35.5. The van der Waals surface area contributed by atoms with Crippen molar-refractivity contribution in [3.63, 3.8) is 0 Å². The zero-order valence-corrected chi connectivity index (χ0v) is 16.4. The molecular formula is C23H24ClNO2. The van der Waals surface area contributed by atoms with Gasteiger partial charge in [-0.1, -0.05) is 60.1 Å². The SMILES string of the molecule is COc1cc(CN[C@H](C)c2ccccc2)ccc1OCc1ccc(Cl)cc1. The van der Waals surface area contributed by atoms with Gasteiger partial charge in [0.05, 0.1) is 7.11 Å². The molecule has 0 radical (unpaired) electrons. The van der Waals surface area contributed by atoms with E-state index in [-0.39, 0.29) is 6.04 Å². The van der Waals surface area contributed by atoms with Crippen LogP contribution in [0.4, 0.5) is 0 Å². The highest BCUT2D eigenvalue weighted by Gasteiger charge is 2.08. The molecule has 27 heavy (non-hydrogen) atoms. The Balaban J connectivity index is 1.60. The van der Waals surface area contributed by atoms with Crippen molar-refractivity contribution in [2.24, 2.45) is 0 Å². The van der Waals surface area contributed by atoms with Crippen LogP contribution in [0.5, 0.6) is 11.5 Å². The smallest absolute Gasteiger partial charge is 0.161 e. The van der Waals surface area contributed by atoms with Crippen molar-refractivity contribution in [1.82, 2.24) is 5.32 Å². The van der Waals surface area contributed by atoms with Crippen LogP contribution >= 0.6 is 11.6 Å². The summed E-state index contributed by atoms with van der Waals surface area (Å²) in [7, 11) is 1.66. The quantitative estimate of drug-likeness (QED) is 0.536. The molecule has 4 heteroatoms. The van der Waals surface area contributed by atoms with Crippen LogP contribution in [0.1, 0.15) is 29.7 Å². The number of benzene rings is 3. The number of methoxy groups -OCH3 is 1. The molecule has 3 aromatic carbocycles. The molecule has 3 rings (SSSR count). The first-order valence-corrected chi connectivity index (χ1v) is 9.36. The van der Waals surface area contributed by atoms with Crippen LogP contribution < -0.4 is 14.8 Å². The lowest BCUT2D eigenvalue weighted by molar-refractivity contribution is 0.284. The summed E-state index contributed by atoms with van der Waals surface area (Å²) in [6, 6.07) is 24.4. The number of hydrogen-bond donors (Lipinski definition) is 1. The van der Waals surface area contributed by atoms with E-state index in [0.29, 0.717) is 6.61 Å². The second-order valence-electron chi connectivity index (χ2n) is 6.41. The standard InChI is InChI=1S/C23H24ClNO2/c1-17(20-6-4-3-5-7-20)25-15-19-10-13-22(23(14-19)26-2)27-16-18-8-11-21(24)12-9-18/h3-14,17,25H,15-16H2,1-2H3/t17-/m1/s1.